The average molecular weight is 311 g/mol. The second-order valence-corrected chi connectivity index (χ2v) is 4.14. The fourth-order valence-corrected chi connectivity index (χ4v) is 1.69. The predicted molar refractivity (Wildman–Crippen MR) is 65.4 cm³/mol. The molecule has 0 aliphatic rings. The number of aromatic carboxylic acids is 1. The van der Waals surface area contributed by atoms with E-state index in [-0.39, 0.29) is 11.4 Å². The maximum absolute atomic E-state index is 11.6. The fourth-order valence-electron chi connectivity index (χ4n) is 1.27. The highest BCUT2D eigenvalue weighted by atomic mass is 79.9. The second-order valence-electron chi connectivity index (χ2n) is 3.29. The third-order valence-electron chi connectivity index (χ3n) is 2.08. The van der Waals surface area contributed by atoms with Gasteiger partial charge in [-0.1, -0.05) is 0 Å². The summed E-state index contributed by atoms with van der Waals surface area (Å²) in [5.41, 5.74) is 0.419. The minimum Gasteiger partial charge on any atom is -0.478 e. The van der Waals surface area contributed by atoms with Crippen molar-refractivity contribution < 1.29 is 14.7 Å². The molecule has 0 unspecified atom stereocenters. The van der Waals surface area contributed by atoms with Crippen LogP contribution in [0.4, 0.5) is 5.69 Å². The molecule has 0 saturated heterocycles. The predicted octanol–water partition coefficient (Wildman–Crippen LogP) is 1.52. The Balaban J connectivity index is 2.22. The summed E-state index contributed by atoms with van der Waals surface area (Å²) in [6.07, 6.45) is 1.21. The molecule has 0 spiro atoms. The zero-order valence-electron chi connectivity index (χ0n) is 8.85. The Hall–Kier alpha value is -2.22. The van der Waals surface area contributed by atoms with E-state index in [1.54, 1.807) is 12.1 Å². The number of halogens is 1. The molecule has 0 saturated carbocycles. The molecule has 0 bridgehead atoms. The van der Waals surface area contributed by atoms with Crippen LogP contribution in [-0.2, 0) is 0 Å². The summed E-state index contributed by atoms with van der Waals surface area (Å²) >= 11 is 3.11. The normalized spacial score (nSPS) is 10.1. The first kappa shape index (κ1) is 12.2. The number of nitrogens with one attached hydrogen (secondary N) is 2. The van der Waals surface area contributed by atoms with Gasteiger partial charge in [-0.25, -0.2) is 9.78 Å². The van der Waals surface area contributed by atoms with E-state index in [4.69, 9.17) is 5.11 Å². The smallest absolute Gasteiger partial charge is 0.336 e. The molecule has 1 amide bonds. The number of carbonyl (C=O) groups excluding carboxylic acids is 1. The quantitative estimate of drug-likeness (QED) is 0.796. The number of amides is 1. The minimum absolute atomic E-state index is 0.0507. The third-order valence-corrected chi connectivity index (χ3v) is 2.78. The molecule has 1 aromatic heterocycles. The van der Waals surface area contributed by atoms with Crippen molar-refractivity contribution in [2.75, 3.05) is 5.32 Å². The van der Waals surface area contributed by atoms with Crippen molar-refractivity contribution in [1.82, 2.24) is 15.2 Å². The van der Waals surface area contributed by atoms with Gasteiger partial charge < -0.3 is 10.4 Å². The molecular formula is C10H7BrN4O3. The molecule has 0 aliphatic carbocycles. The van der Waals surface area contributed by atoms with Crippen molar-refractivity contribution >= 4 is 33.5 Å². The topological polar surface area (TPSA) is 108 Å². The largest absolute Gasteiger partial charge is 0.478 e. The van der Waals surface area contributed by atoms with E-state index in [9.17, 15) is 9.59 Å². The monoisotopic (exact) mass is 310 g/mol. The molecule has 1 heterocycles. The number of anilines is 1. The van der Waals surface area contributed by atoms with Crippen LogP contribution in [0, 0.1) is 0 Å². The van der Waals surface area contributed by atoms with Crippen molar-refractivity contribution in [1.29, 1.82) is 0 Å². The summed E-state index contributed by atoms with van der Waals surface area (Å²) in [6.45, 7) is 0. The van der Waals surface area contributed by atoms with Crippen molar-refractivity contribution in [2.45, 2.75) is 0 Å². The molecule has 18 heavy (non-hydrogen) atoms. The summed E-state index contributed by atoms with van der Waals surface area (Å²) in [7, 11) is 0. The van der Waals surface area contributed by atoms with Crippen LogP contribution in [0.1, 0.15) is 21.0 Å². The number of aromatic amines is 1. The lowest BCUT2D eigenvalue weighted by Crippen LogP contribution is -2.14. The number of aromatic nitrogens is 3. The van der Waals surface area contributed by atoms with Gasteiger partial charge in [-0.05, 0) is 34.1 Å². The van der Waals surface area contributed by atoms with Crippen LogP contribution < -0.4 is 5.32 Å². The highest BCUT2D eigenvalue weighted by molar-refractivity contribution is 9.10. The van der Waals surface area contributed by atoms with Crippen molar-refractivity contribution in [3.05, 3.63) is 40.4 Å². The van der Waals surface area contributed by atoms with E-state index >= 15 is 0 Å². The van der Waals surface area contributed by atoms with Crippen molar-refractivity contribution in [3.8, 4) is 0 Å². The standard InChI is InChI=1S/C10H7BrN4O3/c11-7-2-1-5(3-6(7)10(17)18)14-9(16)8-12-4-13-15-8/h1-4H,(H,14,16)(H,17,18)(H,12,13,15). The van der Waals surface area contributed by atoms with E-state index in [1.165, 1.54) is 12.4 Å². The lowest BCUT2D eigenvalue weighted by Gasteiger charge is -2.05. The van der Waals surface area contributed by atoms with Gasteiger partial charge in [-0.2, -0.15) is 5.10 Å². The van der Waals surface area contributed by atoms with Gasteiger partial charge in [0.25, 0.3) is 5.91 Å². The summed E-state index contributed by atoms with van der Waals surface area (Å²) in [5.74, 6) is -1.53. The first-order chi connectivity index (χ1) is 8.58. The Labute approximate surface area is 109 Å². The number of carbonyl (C=O) groups is 2. The van der Waals surface area contributed by atoms with E-state index < -0.39 is 11.9 Å². The molecule has 1 aromatic carbocycles. The number of carboxylic acids is 1. The lowest BCUT2D eigenvalue weighted by molar-refractivity contribution is 0.0695. The average Bonchev–Trinajstić information content (AvgIpc) is 2.85. The number of hydrogen-bond donors (Lipinski definition) is 3. The van der Waals surface area contributed by atoms with Crippen LogP contribution in [0.2, 0.25) is 0 Å². The van der Waals surface area contributed by atoms with Crippen LogP contribution in [-0.4, -0.2) is 32.2 Å². The SMILES string of the molecule is O=C(Nc1ccc(Br)c(C(=O)O)c1)c1ncn[nH]1. The molecule has 3 N–H and O–H groups in total. The number of nitrogens with zero attached hydrogens (tertiary/aromatic N) is 2. The molecule has 0 fully saturated rings. The Kier molecular flexibility index (Phi) is 3.38. The molecule has 92 valence electrons. The Morgan fingerprint density at radius 3 is 2.78 bits per heavy atom. The molecule has 0 atom stereocenters. The third kappa shape index (κ3) is 2.54. The molecule has 2 rings (SSSR count). The number of H-pyrrole nitrogens is 1. The zero-order chi connectivity index (χ0) is 13.1. The van der Waals surface area contributed by atoms with Crippen molar-refractivity contribution in [3.63, 3.8) is 0 Å². The molecular weight excluding hydrogens is 304 g/mol. The first-order valence-corrected chi connectivity index (χ1v) is 5.57. The van der Waals surface area contributed by atoms with Crippen LogP contribution in [0.5, 0.6) is 0 Å². The van der Waals surface area contributed by atoms with E-state index in [1.807, 2.05) is 0 Å². The van der Waals surface area contributed by atoms with Crippen LogP contribution in [0.25, 0.3) is 0 Å². The first-order valence-electron chi connectivity index (χ1n) is 4.77. The highest BCUT2D eigenvalue weighted by Crippen LogP contribution is 2.21. The van der Waals surface area contributed by atoms with Gasteiger partial charge in [-0.3, -0.25) is 9.89 Å². The maximum Gasteiger partial charge on any atom is 0.336 e. The molecule has 2 aromatic rings. The summed E-state index contributed by atoms with van der Waals surface area (Å²) in [6, 6.07) is 4.46. The summed E-state index contributed by atoms with van der Waals surface area (Å²) in [5, 5.41) is 17.4. The van der Waals surface area contributed by atoms with E-state index in [0.29, 0.717) is 10.2 Å². The number of carboxylic acid groups (broad SMARTS) is 1. The highest BCUT2D eigenvalue weighted by Gasteiger charge is 2.12. The van der Waals surface area contributed by atoms with Gasteiger partial charge >= 0.3 is 5.97 Å². The lowest BCUT2D eigenvalue weighted by atomic mass is 10.2. The number of rotatable bonds is 3. The zero-order valence-corrected chi connectivity index (χ0v) is 10.4. The van der Waals surface area contributed by atoms with Gasteiger partial charge in [0, 0.05) is 10.2 Å². The van der Waals surface area contributed by atoms with Gasteiger partial charge in [0.05, 0.1) is 5.56 Å². The Morgan fingerprint density at radius 2 is 2.17 bits per heavy atom. The van der Waals surface area contributed by atoms with E-state index in [2.05, 4.69) is 36.4 Å². The van der Waals surface area contributed by atoms with Gasteiger partial charge in [0.2, 0.25) is 5.82 Å². The molecule has 8 heteroatoms. The van der Waals surface area contributed by atoms with Crippen LogP contribution in [0.3, 0.4) is 0 Å². The fraction of sp³-hybridized carbons (Fsp3) is 0. The van der Waals surface area contributed by atoms with Gasteiger partial charge in [0.1, 0.15) is 6.33 Å². The minimum atomic E-state index is -1.09. The summed E-state index contributed by atoms with van der Waals surface area (Å²) in [4.78, 5) is 26.2. The Morgan fingerprint density at radius 1 is 1.39 bits per heavy atom. The summed E-state index contributed by atoms with van der Waals surface area (Å²) < 4.78 is 0.438. The molecule has 0 aliphatic heterocycles. The van der Waals surface area contributed by atoms with Crippen LogP contribution in [0.15, 0.2) is 29.0 Å². The van der Waals surface area contributed by atoms with Gasteiger partial charge in [0.15, 0.2) is 0 Å². The van der Waals surface area contributed by atoms with E-state index in [0.717, 1.165) is 0 Å². The van der Waals surface area contributed by atoms with Crippen molar-refractivity contribution in [2.24, 2.45) is 0 Å². The van der Waals surface area contributed by atoms with Gasteiger partial charge in [-0.15, -0.1) is 0 Å². The molecule has 0 radical (unpaired) electrons. The maximum atomic E-state index is 11.6. The number of benzene rings is 1. The number of hydrogen-bond acceptors (Lipinski definition) is 4. The Bertz CT molecular complexity index is 597. The van der Waals surface area contributed by atoms with Crippen LogP contribution >= 0.6 is 15.9 Å². The second kappa shape index (κ2) is 4.96. The molecule has 7 nitrogen and oxygen atoms in total.